The van der Waals surface area contributed by atoms with Crippen LogP contribution in [0.25, 0.3) is 0 Å². The fourth-order valence-electron chi connectivity index (χ4n) is 2.35. The summed E-state index contributed by atoms with van der Waals surface area (Å²) in [5.74, 6) is 0.925. The first-order valence-electron chi connectivity index (χ1n) is 7.17. The van der Waals surface area contributed by atoms with Gasteiger partial charge in [-0.3, -0.25) is 0 Å². The van der Waals surface area contributed by atoms with Crippen molar-refractivity contribution in [2.75, 3.05) is 37.7 Å². The Bertz CT molecular complexity index is 384. The van der Waals surface area contributed by atoms with E-state index in [4.69, 9.17) is 4.74 Å². The fourth-order valence-corrected chi connectivity index (χ4v) is 2.35. The fraction of sp³-hybridized carbons (Fsp3) is 0.600. The topological polar surface area (TPSA) is 44.7 Å². The molecule has 1 aliphatic rings. The second-order valence-electron chi connectivity index (χ2n) is 4.97. The molecule has 1 aromatic carbocycles. The van der Waals surface area contributed by atoms with Crippen LogP contribution in [0, 0.1) is 0 Å². The van der Waals surface area contributed by atoms with E-state index in [1.165, 1.54) is 0 Å². The van der Waals surface area contributed by atoms with Crippen LogP contribution >= 0.6 is 0 Å². The summed E-state index contributed by atoms with van der Waals surface area (Å²) in [5, 5.41) is 13.4. The van der Waals surface area contributed by atoms with Gasteiger partial charge >= 0.3 is 0 Å². The zero-order chi connectivity index (χ0) is 13.5. The average molecular weight is 264 g/mol. The molecule has 1 aliphatic heterocycles. The number of β-amino-alcohol motifs (C(OH)–C–C–N with tert-alkyl or cyclic N) is 1. The van der Waals surface area contributed by atoms with Crippen LogP contribution in [0.2, 0.25) is 0 Å². The molecule has 0 saturated heterocycles. The van der Waals surface area contributed by atoms with Crippen molar-refractivity contribution in [3.63, 3.8) is 0 Å². The number of aliphatic hydroxyl groups is 1. The van der Waals surface area contributed by atoms with E-state index >= 15 is 0 Å². The van der Waals surface area contributed by atoms with Crippen molar-refractivity contribution in [2.24, 2.45) is 0 Å². The molecule has 0 amide bonds. The van der Waals surface area contributed by atoms with Gasteiger partial charge in [-0.1, -0.05) is 19.1 Å². The van der Waals surface area contributed by atoms with Crippen LogP contribution in [0.5, 0.6) is 5.75 Å². The van der Waals surface area contributed by atoms with Crippen LogP contribution in [0.15, 0.2) is 24.3 Å². The Morgan fingerprint density at radius 1 is 1.42 bits per heavy atom. The number of rotatable bonds is 6. The van der Waals surface area contributed by atoms with Gasteiger partial charge in [0.15, 0.2) is 0 Å². The molecule has 2 rings (SSSR count). The smallest absolute Gasteiger partial charge is 0.142 e. The van der Waals surface area contributed by atoms with Gasteiger partial charge in [0.05, 0.1) is 18.4 Å². The molecule has 2 N–H and O–H groups in total. The quantitative estimate of drug-likeness (QED) is 0.767. The number of hydrogen-bond donors (Lipinski definition) is 2. The molecule has 4 heteroatoms. The van der Waals surface area contributed by atoms with Crippen LogP contribution in [0.4, 0.5) is 5.69 Å². The second-order valence-corrected chi connectivity index (χ2v) is 4.97. The van der Waals surface area contributed by atoms with E-state index in [2.05, 4.69) is 23.2 Å². The van der Waals surface area contributed by atoms with Gasteiger partial charge in [-0.25, -0.2) is 0 Å². The standard InChI is InChI=1S/C15H24N2O2/c1-2-8-16-11-13(18)12-17-9-5-10-19-15-7-4-3-6-14(15)17/h3-4,6-7,13,16,18H,2,5,8-12H2,1H3. The minimum absolute atomic E-state index is 0.349. The van der Waals surface area contributed by atoms with Crippen LogP contribution < -0.4 is 15.0 Å². The summed E-state index contributed by atoms with van der Waals surface area (Å²) >= 11 is 0. The number of anilines is 1. The third-order valence-corrected chi connectivity index (χ3v) is 3.27. The molecule has 106 valence electrons. The highest BCUT2D eigenvalue weighted by molar-refractivity contribution is 5.59. The highest BCUT2D eigenvalue weighted by atomic mass is 16.5. The zero-order valence-electron chi connectivity index (χ0n) is 11.6. The maximum Gasteiger partial charge on any atom is 0.142 e. The van der Waals surface area contributed by atoms with Crippen molar-refractivity contribution < 1.29 is 9.84 Å². The second kappa shape index (κ2) is 7.36. The Labute approximate surface area is 115 Å². The minimum Gasteiger partial charge on any atom is -0.491 e. The number of nitrogens with one attached hydrogen (secondary N) is 1. The molecule has 1 heterocycles. The maximum atomic E-state index is 10.1. The lowest BCUT2D eigenvalue weighted by Crippen LogP contribution is -2.39. The predicted molar refractivity (Wildman–Crippen MR) is 77.9 cm³/mol. The van der Waals surface area contributed by atoms with E-state index < -0.39 is 0 Å². The molecule has 0 saturated carbocycles. The normalized spacial score (nSPS) is 16.4. The van der Waals surface area contributed by atoms with Crippen molar-refractivity contribution in [3.05, 3.63) is 24.3 Å². The molecule has 0 aromatic heterocycles. The minimum atomic E-state index is -0.349. The van der Waals surface area contributed by atoms with Gasteiger partial charge in [-0.2, -0.15) is 0 Å². The van der Waals surface area contributed by atoms with Crippen LogP contribution in [0.1, 0.15) is 19.8 Å². The Kier molecular flexibility index (Phi) is 5.48. The Morgan fingerprint density at radius 2 is 2.26 bits per heavy atom. The van der Waals surface area contributed by atoms with Crippen molar-refractivity contribution in [2.45, 2.75) is 25.9 Å². The highest BCUT2D eigenvalue weighted by Crippen LogP contribution is 2.30. The summed E-state index contributed by atoms with van der Waals surface area (Å²) in [6.45, 7) is 6.06. The van der Waals surface area contributed by atoms with Crippen molar-refractivity contribution in [3.8, 4) is 5.75 Å². The lowest BCUT2D eigenvalue weighted by Gasteiger charge is -2.26. The van der Waals surface area contributed by atoms with Gasteiger partial charge in [0, 0.05) is 19.6 Å². The third kappa shape index (κ3) is 4.11. The number of ether oxygens (including phenoxy) is 1. The lowest BCUT2D eigenvalue weighted by atomic mass is 10.2. The van der Waals surface area contributed by atoms with Gasteiger partial charge in [-0.05, 0) is 31.5 Å². The highest BCUT2D eigenvalue weighted by Gasteiger charge is 2.18. The summed E-state index contributed by atoms with van der Waals surface area (Å²) in [4.78, 5) is 2.22. The third-order valence-electron chi connectivity index (χ3n) is 3.27. The molecule has 19 heavy (non-hydrogen) atoms. The molecule has 4 nitrogen and oxygen atoms in total. The number of nitrogens with zero attached hydrogens (tertiary/aromatic N) is 1. The zero-order valence-corrected chi connectivity index (χ0v) is 11.6. The van der Waals surface area contributed by atoms with Crippen molar-refractivity contribution in [1.29, 1.82) is 0 Å². The molecule has 0 fully saturated rings. The number of benzene rings is 1. The van der Waals surface area contributed by atoms with Gasteiger partial charge in [0.2, 0.25) is 0 Å². The average Bonchev–Trinajstić information content (AvgIpc) is 2.62. The Morgan fingerprint density at radius 3 is 3.11 bits per heavy atom. The van der Waals surface area contributed by atoms with Gasteiger partial charge < -0.3 is 20.1 Å². The largest absolute Gasteiger partial charge is 0.491 e. The number of aliphatic hydroxyl groups excluding tert-OH is 1. The maximum absolute atomic E-state index is 10.1. The van der Waals surface area contributed by atoms with Gasteiger partial charge in [-0.15, -0.1) is 0 Å². The Hall–Kier alpha value is -1.26. The summed E-state index contributed by atoms with van der Waals surface area (Å²) < 4.78 is 5.72. The van der Waals surface area contributed by atoms with Gasteiger partial charge in [0.25, 0.3) is 0 Å². The Balaban J connectivity index is 1.95. The summed E-state index contributed by atoms with van der Waals surface area (Å²) in [5.41, 5.74) is 1.09. The summed E-state index contributed by atoms with van der Waals surface area (Å²) in [7, 11) is 0. The van der Waals surface area contributed by atoms with E-state index in [1.807, 2.05) is 18.2 Å². The van der Waals surface area contributed by atoms with Crippen LogP contribution in [-0.4, -0.2) is 44.0 Å². The lowest BCUT2D eigenvalue weighted by molar-refractivity contribution is 0.177. The monoisotopic (exact) mass is 264 g/mol. The van der Waals surface area contributed by atoms with Crippen LogP contribution in [0.3, 0.4) is 0 Å². The number of fused-ring (bicyclic) bond motifs is 1. The molecule has 0 radical (unpaired) electrons. The first-order chi connectivity index (χ1) is 9.31. The summed E-state index contributed by atoms with van der Waals surface area (Å²) in [6.07, 6.45) is 1.73. The van der Waals surface area contributed by atoms with E-state index in [1.54, 1.807) is 0 Å². The van der Waals surface area contributed by atoms with Gasteiger partial charge in [0.1, 0.15) is 5.75 Å². The van der Waals surface area contributed by atoms with E-state index in [0.717, 1.165) is 44.0 Å². The molecular formula is C15H24N2O2. The number of para-hydroxylation sites is 2. The first kappa shape index (κ1) is 14.2. The molecule has 0 bridgehead atoms. The van der Waals surface area contributed by atoms with E-state index in [-0.39, 0.29) is 6.10 Å². The predicted octanol–water partition coefficient (Wildman–Crippen LogP) is 1.64. The molecule has 0 spiro atoms. The molecular weight excluding hydrogens is 240 g/mol. The molecule has 1 unspecified atom stereocenters. The SMILES string of the molecule is CCCNCC(O)CN1CCCOc2ccccc21. The molecule has 1 aromatic rings. The van der Waals surface area contributed by atoms with Crippen LogP contribution in [-0.2, 0) is 0 Å². The van der Waals surface area contributed by atoms with Crippen molar-refractivity contribution >= 4 is 5.69 Å². The first-order valence-corrected chi connectivity index (χ1v) is 7.17. The van der Waals surface area contributed by atoms with E-state index in [9.17, 15) is 5.11 Å². The number of hydrogen-bond acceptors (Lipinski definition) is 4. The summed E-state index contributed by atoms with van der Waals surface area (Å²) in [6, 6.07) is 8.06. The van der Waals surface area contributed by atoms with Crippen molar-refractivity contribution in [1.82, 2.24) is 5.32 Å². The molecule has 0 aliphatic carbocycles. The van der Waals surface area contributed by atoms with E-state index in [0.29, 0.717) is 13.1 Å². The molecule has 1 atom stereocenters.